The first-order valence-corrected chi connectivity index (χ1v) is 11.5. The van der Waals surface area contributed by atoms with Gasteiger partial charge in [-0.25, -0.2) is 0 Å². The van der Waals surface area contributed by atoms with Crippen molar-refractivity contribution in [3.05, 3.63) is 94.7 Å². The number of hydrogen-bond donors (Lipinski definition) is 1. The van der Waals surface area contributed by atoms with Gasteiger partial charge >= 0.3 is 0 Å². The van der Waals surface area contributed by atoms with Crippen LogP contribution in [-0.2, 0) is 0 Å². The summed E-state index contributed by atoms with van der Waals surface area (Å²) in [5, 5.41) is 6.94. The van der Waals surface area contributed by atoms with E-state index in [1.54, 1.807) is 0 Å². The Morgan fingerprint density at radius 3 is 2.28 bits per heavy atom. The Hall–Kier alpha value is -3.64. The monoisotopic (exact) mass is 441 g/mol. The average Bonchev–Trinajstić information content (AvgIpc) is 3.39. The molecule has 0 saturated carbocycles. The molecule has 0 aliphatic carbocycles. The number of nitrogens with zero attached hydrogens (tertiary/aromatic N) is 2. The summed E-state index contributed by atoms with van der Waals surface area (Å²) in [6.45, 7) is 2.99. The molecular formula is C26H23N3O2S. The molecule has 1 aliphatic rings. The first kappa shape index (κ1) is 20.3. The highest BCUT2D eigenvalue weighted by molar-refractivity contribution is 7.12. The largest absolute Gasteiger partial charge is 0.368 e. The molecule has 1 N–H and O–H groups in total. The Kier molecular flexibility index (Phi) is 5.60. The molecule has 4 aromatic rings. The fourth-order valence-electron chi connectivity index (χ4n) is 4.10. The third-order valence-corrected chi connectivity index (χ3v) is 6.68. The van der Waals surface area contributed by atoms with Gasteiger partial charge in [0.15, 0.2) is 0 Å². The van der Waals surface area contributed by atoms with Gasteiger partial charge in [-0.15, -0.1) is 11.3 Å². The second-order valence-corrected chi connectivity index (χ2v) is 8.73. The fourth-order valence-corrected chi connectivity index (χ4v) is 4.79. The van der Waals surface area contributed by atoms with Gasteiger partial charge in [-0.3, -0.25) is 9.59 Å². The lowest BCUT2D eigenvalue weighted by molar-refractivity contribution is 0.0751. The van der Waals surface area contributed by atoms with Crippen LogP contribution in [-0.4, -0.2) is 42.9 Å². The molecule has 6 heteroatoms. The van der Waals surface area contributed by atoms with E-state index < -0.39 is 0 Å². The van der Waals surface area contributed by atoms with Gasteiger partial charge in [0.1, 0.15) is 0 Å². The minimum atomic E-state index is -0.116. The molecule has 0 radical (unpaired) electrons. The van der Waals surface area contributed by atoms with Crippen LogP contribution in [0.5, 0.6) is 0 Å². The summed E-state index contributed by atoms with van der Waals surface area (Å²) in [5.41, 5.74) is 2.52. The summed E-state index contributed by atoms with van der Waals surface area (Å²) < 4.78 is 0. The van der Waals surface area contributed by atoms with Gasteiger partial charge in [-0.1, -0.05) is 42.5 Å². The van der Waals surface area contributed by atoms with Crippen molar-refractivity contribution in [2.75, 3.05) is 36.4 Å². The summed E-state index contributed by atoms with van der Waals surface area (Å²) in [6, 6.07) is 25.4. The molecule has 2 amide bonds. The third-order valence-electron chi connectivity index (χ3n) is 5.82. The Balaban J connectivity index is 1.22. The van der Waals surface area contributed by atoms with Crippen LogP contribution in [0.4, 0.5) is 11.4 Å². The van der Waals surface area contributed by atoms with Gasteiger partial charge < -0.3 is 15.1 Å². The lowest BCUT2D eigenvalue weighted by Crippen LogP contribution is -2.48. The fraction of sp³-hybridized carbons (Fsp3) is 0.154. The quantitative estimate of drug-likeness (QED) is 0.478. The SMILES string of the molecule is O=C(Nc1ccc(N2CCN(C(=O)c3cccs3)CC2)cc1)c1cccc2ccccc12. The van der Waals surface area contributed by atoms with Crippen molar-refractivity contribution in [1.29, 1.82) is 0 Å². The van der Waals surface area contributed by atoms with Gasteiger partial charge in [-0.2, -0.15) is 0 Å². The van der Waals surface area contributed by atoms with E-state index in [9.17, 15) is 9.59 Å². The molecule has 32 heavy (non-hydrogen) atoms. The van der Waals surface area contributed by atoms with Crippen molar-refractivity contribution in [1.82, 2.24) is 4.90 Å². The molecule has 3 aromatic carbocycles. The minimum absolute atomic E-state index is 0.116. The van der Waals surface area contributed by atoms with Crippen molar-refractivity contribution < 1.29 is 9.59 Å². The van der Waals surface area contributed by atoms with Gasteiger partial charge in [-0.05, 0) is 52.6 Å². The van der Waals surface area contributed by atoms with Crippen LogP contribution in [0.2, 0.25) is 0 Å². The Labute approximate surface area is 190 Å². The molecule has 0 atom stereocenters. The van der Waals surface area contributed by atoms with Crippen molar-refractivity contribution >= 4 is 45.3 Å². The standard InChI is InChI=1S/C26H23N3O2S/c30-25(23-8-3-6-19-5-1-2-7-22(19)23)27-20-10-12-21(13-11-20)28-14-16-29(17-15-28)26(31)24-9-4-18-32-24/h1-13,18H,14-17H2,(H,27,30). The van der Waals surface area contributed by atoms with E-state index in [0.29, 0.717) is 18.7 Å². The van der Waals surface area contributed by atoms with Crippen LogP contribution in [0.3, 0.4) is 0 Å². The summed E-state index contributed by atoms with van der Waals surface area (Å²) in [6.07, 6.45) is 0. The molecular weight excluding hydrogens is 418 g/mol. The van der Waals surface area contributed by atoms with Crippen LogP contribution in [0.25, 0.3) is 10.8 Å². The average molecular weight is 442 g/mol. The van der Waals surface area contributed by atoms with Gasteiger partial charge in [0.2, 0.25) is 0 Å². The van der Waals surface area contributed by atoms with Crippen LogP contribution < -0.4 is 10.2 Å². The third kappa shape index (κ3) is 4.09. The number of benzene rings is 3. The van der Waals surface area contributed by atoms with E-state index in [-0.39, 0.29) is 11.8 Å². The molecule has 1 aliphatic heterocycles. The second kappa shape index (κ2) is 8.85. The molecule has 1 aromatic heterocycles. The number of carbonyl (C=O) groups excluding carboxylic acids is 2. The molecule has 0 spiro atoms. The zero-order valence-electron chi connectivity index (χ0n) is 17.5. The van der Waals surface area contributed by atoms with Crippen molar-refractivity contribution in [2.24, 2.45) is 0 Å². The first-order valence-electron chi connectivity index (χ1n) is 10.7. The Morgan fingerprint density at radius 2 is 1.53 bits per heavy atom. The van der Waals surface area contributed by atoms with E-state index in [1.165, 1.54) is 11.3 Å². The maximum atomic E-state index is 12.9. The molecule has 1 fully saturated rings. The smallest absolute Gasteiger partial charge is 0.264 e. The van der Waals surface area contributed by atoms with Gasteiger partial charge in [0.25, 0.3) is 11.8 Å². The van der Waals surface area contributed by atoms with E-state index in [0.717, 1.165) is 40.1 Å². The summed E-state index contributed by atoms with van der Waals surface area (Å²) in [4.78, 5) is 30.4. The lowest BCUT2D eigenvalue weighted by atomic mass is 10.0. The van der Waals surface area contributed by atoms with Crippen LogP contribution >= 0.6 is 11.3 Å². The summed E-state index contributed by atoms with van der Waals surface area (Å²) >= 11 is 1.49. The van der Waals surface area contributed by atoms with Crippen molar-refractivity contribution in [3.63, 3.8) is 0 Å². The Morgan fingerprint density at radius 1 is 0.781 bits per heavy atom. The van der Waals surface area contributed by atoms with Crippen LogP contribution in [0, 0.1) is 0 Å². The first-order chi connectivity index (χ1) is 15.7. The number of rotatable bonds is 4. The zero-order chi connectivity index (χ0) is 21.9. The number of thiophene rings is 1. The Bertz CT molecular complexity index is 1240. The highest BCUT2D eigenvalue weighted by Crippen LogP contribution is 2.23. The van der Waals surface area contributed by atoms with E-state index in [2.05, 4.69) is 10.2 Å². The molecule has 5 nitrogen and oxygen atoms in total. The predicted octanol–water partition coefficient (Wildman–Crippen LogP) is 5.12. The van der Waals surface area contributed by atoms with Crippen molar-refractivity contribution in [2.45, 2.75) is 0 Å². The van der Waals surface area contributed by atoms with Crippen molar-refractivity contribution in [3.8, 4) is 0 Å². The van der Waals surface area contributed by atoms with Crippen LogP contribution in [0.15, 0.2) is 84.2 Å². The predicted molar refractivity (Wildman–Crippen MR) is 131 cm³/mol. The van der Waals surface area contributed by atoms with Gasteiger partial charge in [0, 0.05) is 43.1 Å². The molecule has 160 valence electrons. The zero-order valence-corrected chi connectivity index (χ0v) is 18.3. The normalized spacial score (nSPS) is 13.9. The molecule has 0 bridgehead atoms. The highest BCUT2D eigenvalue weighted by Gasteiger charge is 2.22. The second-order valence-electron chi connectivity index (χ2n) is 7.78. The number of piperazine rings is 1. The maximum absolute atomic E-state index is 12.9. The number of carbonyl (C=O) groups is 2. The number of anilines is 2. The molecule has 0 unspecified atom stereocenters. The number of fused-ring (bicyclic) bond motifs is 1. The molecule has 5 rings (SSSR count). The lowest BCUT2D eigenvalue weighted by Gasteiger charge is -2.36. The van der Waals surface area contributed by atoms with E-state index in [1.807, 2.05) is 89.1 Å². The molecule has 1 saturated heterocycles. The number of nitrogens with one attached hydrogen (secondary N) is 1. The highest BCUT2D eigenvalue weighted by atomic mass is 32.1. The minimum Gasteiger partial charge on any atom is -0.368 e. The van der Waals surface area contributed by atoms with E-state index in [4.69, 9.17) is 0 Å². The van der Waals surface area contributed by atoms with Gasteiger partial charge in [0.05, 0.1) is 4.88 Å². The van der Waals surface area contributed by atoms with E-state index >= 15 is 0 Å². The summed E-state index contributed by atoms with van der Waals surface area (Å²) in [7, 11) is 0. The number of hydrogen-bond acceptors (Lipinski definition) is 4. The topological polar surface area (TPSA) is 52.7 Å². The van der Waals surface area contributed by atoms with Crippen LogP contribution in [0.1, 0.15) is 20.0 Å². The molecule has 2 heterocycles. The maximum Gasteiger partial charge on any atom is 0.264 e. The summed E-state index contributed by atoms with van der Waals surface area (Å²) in [5.74, 6) is 0.00130. The number of amides is 2.